The first kappa shape index (κ1) is 16.6. The minimum atomic E-state index is -0.555. The van der Waals surface area contributed by atoms with E-state index in [1.807, 2.05) is 30.3 Å². The fraction of sp³-hybridized carbons (Fsp3) is 0.182. The number of amides is 1. The number of likely N-dealkylation sites (N-methyl/N-ethyl adjacent to an activating group) is 1. The molecule has 3 heterocycles. The number of carbonyl (C=O) groups is 1. The maximum absolute atomic E-state index is 13.0. The molecule has 3 aromatic rings. The van der Waals surface area contributed by atoms with Crippen LogP contribution in [0, 0.1) is 0 Å². The first-order valence-electron chi connectivity index (χ1n) is 9.21. The van der Waals surface area contributed by atoms with E-state index in [-0.39, 0.29) is 23.8 Å². The van der Waals surface area contributed by atoms with E-state index in [0.717, 1.165) is 11.1 Å². The fourth-order valence-electron chi connectivity index (χ4n) is 4.35. The summed E-state index contributed by atoms with van der Waals surface area (Å²) in [6.07, 6.45) is 2.01. The Hall–Kier alpha value is -3.54. The maximum Gasteiger partial charge on any atom is 0.277 e. The Labute approximate surface area is 161 Å². The van der Waals surface area contributed by atoms with Crippen molar-refractivity contribution in [2.24, 2.45) is 0 Å². The van der Waals surface area contributed by atoms with Crippen molar-refractivity contribution in [3.8, 4) is 5.75 Å². The van der Waals surface area contributed by atoms with Crippen molar-refractivity contribution in [3.05, 3.63) is 99.5 Å². The first-order chi connectivity index (χ1) is 13.6. The van der Waals surface area contributed by atoms with Crippen LogP contribution in [0.5, 0.6) is 5.75 Å². The van der Waals surface area contributed by atoms with Crippen LogP contribution >= 0.6 is 0 Å². The highest BCUT2D eigenvalue weighted by molar-refractivity contribution is 5.96. The number of pyridine rings is 1. The van der Waals surface area contributed by atoms with Crippen LogP contribution in [0.4, 0.5) is 0 Å². The highest BCUT2D eigenvalue weighted by atomic mass is 16.3. The van der Waals surface area contributed by atoms with Crippen molar-refractivity contribution >= 4 is 5.91 Å². The van der Waals surface area contributed by atoms with Crippen molar-refractivity contribution in [2.75, 3.05) is 12.1 Å². The molecular weight excluding hydrogens is 354 g/mol. The number of nitrogens with zero attached hydrogens (tertiary/aromatic N) is 3. The Balaban J connectivity index is 1.82. The monoisotopic (exact) mass is 373 g/mol. The van der Waals surface area contributed by atoms with Gasteiger partial charge in [-0.2, -0.15) is 0 Å². The molecule has 0 saturated heterocycles. The van der Waals surface area contributed by atoms with Gasteiger partial charge in [-0.15, -0.1) is 0 Å². The van der Waals surface area contributed by atoms with E-state index in [9.17, 15) is 14.7 Å². The lowest BCUT2D eigenvalue weighted by molar-refractivity contribution is 0.0606. The summed E-state index contributed by atoms with van der Waals surface area (Å²) >= 11 is 0. The Kier molecular flexibility index (Phi) is 3.55. The molecule has 140 valence electrons. The number of fused-ring (bicyclic) bond motifs is 4. The maximum atomic E-state index is 13.0. The zero-order valence-corrected chi connectivity index (χ0v) is 15.3. The van der Waals surface area contributed by atoms with Crippen molar-refractivity contribution < 1.29 is 9.90 Å². The molecule has 0 fully saturated rings. The summed E-state index contributed by atoms with van der Waals surface area (Å²) in [4.78, 5) is 26.6. The van der Waals surface area contributed by atoms with Crippen LogP contribution in [-0.4, -0.2) is 33.8 Å². The van der Waals surface area contributed by atoms with E-state index < -0.39 is 11.2 Å². The Bertz CT molecular complexity index is 1140. The lowest BCUT2D eigenvalue weighted by Crippen LogP contribution is -2.63. The molecule has 5 rings (SSSR count). The van der Waals surface area contributed by atoms with Gasteiger partial charge in [-0.1, -0.05) is 54.6 Å². The van der Waals surface area contributed by atoms with Crippen molar-refractivity contribution in [3.63, 3.8) is 0 Å². The van der Waals surface area contributed by atoms with Crippen molar-refractivity contribution in [2.45, 2.75) is 18.6 Å². The molecule has 0 saturated carbocycles. The van der Waals surface area contributed by atoms with Crippen molar-refractivity contribution in [1.29, 1.82) is 0 Å². The van der Waals surface area contributed by atoms with Gasteiger partial charge in [0.1, 0.15) is 6.17 Å². The van der Waals surface area contributed by atoms with E-state index in [0.29, 0.717) is 6.42 Å². The molecule has 6 nitrogen and oxygen atoms in total. The van der Waals surface area contributed by atoms with Crippen LogP contribution in [0.15, 0.2) is 71.7 Å². The predicted molar refractivity (Wildman–Crippen MR) is 105 cm³/mol. The highest BCUT2D eigenvalue weighted by Crippen LogP contribution is 2.40. The number of benzene rings is 2. The topological polar surface area (TPSA) is 65.8 Å². The van der Waals surface area contributed by atoms with Crippen LogP contribution in [0.25, 0.3) is 0 Å². The summed E-state index contributed by atoms with van der Waals surface area (Å²) in [5.74, 6) is -0.869. The molecule has 2 aliphatic rings. The quantitative estimate of drug-likeness (QED) is 0.711. The van der Waals surface area contributed by atoms with E-state index >= 15 is 0 Å². The molecule has 1 amide bonds. The second-order valence-electron chi connectivity index (χ2n) is 7.21. The number of aromatic hydroxyl groups is 1. The highest BCUT2D eigenvalue weighted by Gasteiger charge is 2.44. The lowest BCUT2D eigenvalue weighted by Gasteiger charge is -2.52. The Morgan fingerprint density at radius 2 is 1.68 bits per heavy atom. The summed E-state index contributed by atoms with van der Waals surface area (Å²) in [6, 6.07) is 19.4. The molecule has 6 heteroatoms. The van der Waals surface area contributed by atoms with E-state index in [2.05, 4.69) is 29.3 Å². The fourth-order valence-corrected chi connectivity index (χ4v) is 4.35. The lowest BCUT2D eigenvalue weighted by atomic mass is 9.87. The van der Waals surface area contributed by atoms with Gasteiger partial charge in [-0.05, 0) is 16.7 Å². The average Bonchev–Trinajstić information content (AvgIpc) is 2.73. The Morgan fingerprint density at radius 3 is 2.46 bits per heavy atom. The van der Waals surface area contributed by atoms with Gasteiger partial charge < -0.3 is 10.0 Å². The van der Waals surface area contributed by atoms with E-state index in [4.69, 9.17) is 0 Å². The second kappa shape index (κ2) is 5.99. The number of carbonyl (C=O) groups excluding carboxylic acids is 1. The van der Waals surface area contributed by atoms with Crippen LogP contribution in [0.3, 0.4) is 0 Å². The summed E-state index contributed by atoms with van der Waals surface area (Å²) in [6.45, 7) is 0. The third-order valence-corrected chi connectivity index (χ3v) is 5.71. The molecule has 1 N–H and O–H groups in total. The van der Waals surface area contributed by atoms with Gasteiger partial charge in [0.2, 0.25) is 5.43 Å². The standard InChI is InChI=1S/C22H19N3O3/c1-23-18-13-15-9-5-6-10-16(15)19(14-7-3-2-4-8-14)25(18)24-12-11-17(26)21(27)20(24)22(23)28/h2-12,18-19,27H,13H2,1H3/t18?,19-/m1/s1. The van der Waals surface area contributed by atoms with Gasteiger partial charge in [0.25, 0.3) is 5.91 Å². The van der Waals surface area contributed by atoms with Gasteiger partial charge in [0.15, 0.2) is 11.4 Å². The summed E-state index contributed by atoms with van der Waals surface area (Å²) in [5.41, 5.74) is 2.86. The minimum absolute atomic E-state index is 0.00608. The smallest absolute Gasteiger partial charge is 0.277 e. The number of hydrogen-bond acceptors (Lipinski definition) is 4. The Morgan fingerprint density at radius 1 is 0.964 bits per heavy atom. The molecule has 2 aromatic carbocycles. The zero-order valence-electron chi connectivity index (χ0n) is 15.3. The van der Waals surface area contributed by atoms with Gasteiger partial charge in [0, 0.05) is 25.7 Å². The third kappa shape index (κ3) is 2.21. The molecule has 28 heavy (non-hydrogen) atoms. The van der Waals surface area contributed by atoms with Gasteiger partial charge in [-0.25, -0.2) is 0 Å². The molecular formula is C22H19N3O3. The molecule has 0 aliphatic carbocycles. The van der Waals surface area contributed by atoms with Crippen LogP contribution in [-0.2, 0) is 6.42 Å². The van der Waals surface area contributed by atoms with Crippen molar-refractivity contribution in [1.82, 2.24) is 9.58 Å². The van der Waals surface area contributed by atoms with E-state index in [1.165, 1.54) is 11.6 Å². The summed E-state index contributed by atoms with van der Waals surface area (Å²) < 4.78 is 1.65. The summed E-state index contributed by atoms with van der Waals surface area (Å²) in [5, 5.41) is 12.4. The van der Waals surface area contributed by atoms with E-state index in [1.54, 1.807) is 22.8 Å². The molecule has 0 bridgehead atoms. The minimum Gasteiger partial charge on any atom is -0.502 e. The van der Waals surface area contributed by atoms with Gasteiger partial charge in [0.05, 0.1) is 6.04 Å². The molecule has 1 aromatic heterocycles. The van der Waals surface area contributed by atoms with Crippen LogP contribution < -0.4 is 10.4 Å². The van der Waals surface area contributed by atoms with Crippen LogP contribution in [0.2, 0.25) is 0 Å². The molecule has 1 unspecified atom stereocenters. The molecule has 2 aliphatic heterocycles. The zero-order chi connectivity index (χ0) is 19.4. The number of rotatable bonds is 1. The SMILES string of the molecule is CN1C(=O)c2c(O)c(=O)ccn2N2C1Cc1ccccc1[C@H]2c1ccccc1. The predicted octanol–water partition coefficient (Wildman–Crippen LogP) is 2.25. The molecule has 2 atom stereocenters. The average molecular weight is 373 g/mol. The first-order valence-corrected chi connectivity index (χ1v) is 9.21. The summed E-state index contributed by atoms with van der Waals surface area (Å²) in [7, 11) is 1.72. The third-order valence-electron chi connectivity index (χ3n) is 5.71. The van der Waals surface area contributed by atoms with Crippen LogP contribution in [0.1, 0.15) is 33.2 Å². The molecule has 0 radical (unpaired) electrons. The molecule has 0 spiro atoms. The normalized spacial score (nSPS) is 20.4. The van der Waals surface area contributed by atoms with Gasteiger partial charge >= 0.3 is 0 Å². The van der Waals surface area contributed by atoms with Gasteiger partial charge in [-0.3, -0.25) is 19.3 Å². The number of hydrogen-bond donors (Lipinski definition) is 1. The second-order valence-corrected chi connectivity index (χ2v) is 7.21. The largest absolute Gasteiger partial charge is 0.502 e. The number of aromatic nitrogens is 1.